The molecule has 1 aromatic carbocycles. The van der Waals surface area contributed by atoms with E-state index in [0.717, 1.165) is 32.0 Å². The van der Waals surface area contributed by atoms with Crippen LogP contribution in [0.15, 0.2) is 35.3 Å². The molecule has 0 aliphatic carbocycles. The predicted molar refractivity (Wildman–Crippen MR) is 63.5 cm³/mol. The first kappa shape index (κ1) is 10.4. The van der Waals surface area contributed by atoms with Crippen LogP contribution < -0.4 is 0 Å². The van der Waals surface area contributed by atoms with Gasteiger partial charge in [0.15, 0.2) is 5.17 Å². The highest BCUT2D eigenvalue weighted by atomic mass is 32.1. The number of nitrogens with zero attached hydrogens (tertiary/aromatic N) is 2. The standard InChI is InChI=1S/C11H13N2OS/c15-11(13-6-8-14-9-7-13)12-10-4-2-1-3-5-10/h1-5H,6-9H2. The lowest BCUT2D eigenvalue weighted by molar-refractivity contribution is 0.0694. The van der Waals surface area contributed by atoms with Gasteiger partial charge in [0.1, 0.15) is 0 Å². The number of amidine groups is 1. The molecule has 0 spiro atoms. The Morgan fingerprint density at radius 2 is 1.87 bits per heavy atom. The Bertz CT molecular complexity index is 334. The Morgan fingerprint density at radius 1 is 1.20 bits per heavy atom. The molecule has 1 aromatic rings. The summed E-state index contributed by atoms with van der Waals surface area (Å²) in [4.78, 5) is 6.46. The molecule has 3 nitrogen and oxygen atoms in total. The zero-order valence-corrected chi connectivity index (χ0v) is 9.24. The average Bonchev–Trinajstić information content (AvgIpc) is 2.31. The number of benzene rings is 1. The van der Waals surface area contributed by atoms with Gasteiger partial charge in [0.2, 0.25) is 0 Å². The van der Waals surface area contributed by atoms with E-state index >= 15 is 0 Å². The highest BCUT2D eigenvalue weighted by molar-refractivity contribution is 7.96. The SMILES string of the molecule is [S]C(=Nc1ccccc1)N1CCOCC1. The molecule has 1 aliphatic rings. The second-order valence-corrected chi connectivity index (χ2v) is 3.69. The molecule has 2 rings (SSSR count). The number of hydrogen-bond donors (Lipinski definition) is 0. The zero-order chi connectivity index (χ0) is 10.5. The monoisotopic (exact) mass is 221 g/mol. The topological polar surface area (TPSA) is 24.8 Å². The molecule has 1 heterocycles. The number of aliphatic imine (C=N–C) groups is 1. The van der Waals surface area contributed by atoms with Gasteiger partial charge in [-0.2, -0.15) is 0 Å². The minimum atomic E-state index is 0.657. The summed E-state index contributed by atoms with van der Waals surface area (Å²) >= 11 is 5.26. The number of morpholine rings is 1. The van der Waals surface area contributed by atoms with E-state index in [2.05, 4.69) is 9.89 Å². The van der Waals surface area contributed by atoms with Crippen LogP contribution in [0.25, 0.3) is 0 Å². The summed E-state index contributed by atoms with van der Waals surface area (Å²) in [7, 11) is 0. The number of para-hydroxylation sites is 1. The van der Waals surface area contributed by atoms with Gasteiger partial charge in [-0.15, -0.1) is 0 Å². The average molecular weight is 221 g/mol. The van der Waals surface area contributed by atoms with Gasteiger partial charge in [-0.25, -0.2) is 4.99 Å². The van der Waals surface area contributed by atoms with Gasteiger partial charge in [0.25, 0.3) is 0 Å². The van der Waals surface area contributed by atoms with E-state index < -0.39 is 0 Å². The summed E-state index contributed by atoms with van der Waals surface area (Å²) < 4.78 is 5.26. The first-order valence-corrected chi connectivity index (χ1v) is 5.40. The Labute approximate surface area is 95.2 Å². The van der Waals surface area contributed by atoms with Crippen LogP contribution >= 0.6 is 12.6 Å². The van der Waals surface area contributed by atoms with E-state index in [1.165, 1.54) is 0 Å². The van der Waals surface area contributed by atoms with Crippen molar-refractivity contribution in [1.82, 2.24) is 4.90 Å². The maximum atomic E-state index is 5.26. The molecule has 79 valence electrons. The van der Waals surface area contributed by atoms with Crippen molar-refractivity contribution in [3.05, 3.63) is 30.3 Å². The van der Waals surface area contributed by atoms with Crippen LogP contribution in [0.3, 0.4) is 0 Å². The fourth-order valence-corrected chi connectivity index (χ4v) is 1.73. The summed E-state index contributed by atoms with van der Waals surface area (Å²) in [6, 6.07) is 9.79. The van der Waals surface area contributed by atoms with Gasteiger partial charge in [-0.3, -0.25) is 0 Å². The molecular formula is C11H13N2OS. The molecule has 0 amide bonds. The maximum absolute atomic E-state index is 5.26. The molecule has 0 atom stereocenters. The van der Waals surface area contributed by atoms with Crippen LogP contribution in [-0.2, 0) is 4.74 Å². The third-order valence-corrected chi connectivity index (χ3v) is 2.61. The lowest BCUT2D eigenvalue weighted by atomic mass is 10.3. The third kappa shape index (κ3) is 2.91. The molecule has 0 unspecified atom stereocenters. The highest BCUT2D eigenvalue weighted by Gasteiger charge is 2.12. The zero-order valence-electron chi connectivity index (χ0n) is 8.43. The summed E-state index contributed by atoms with van der Waals surface area (Å²) in [5.74, 6) is 0. The Balaban J connectivity index is 2.06. The second kappa shape index (κ2) is 5.09. The molecule has 0 N–H and O–H groups in total. The Kier molecular flexibility index (Phi) is 3.53. The normalized spacial score (nSPS) is 17.9. The lowest BCUT2D eigenvalue weighted by Crippen LogP contribution is -2.38. The van der Waals surface area contributed by atoms with Gasteiger partial charge < -0.3 is 9.64 Å². The van der Waals surface area contributed by atoms with Crippen molar-refractivity contribution >= 4 is 23.5 Å². The number of ether oxygens (including phenoxy) is 1. The molecule has 1 saturated heterocycles. The van der Waals surface area contributed by atoms with Crippen LogP contribution in [0.5, 0.6) is 0 Å². The largest absolute Gasteiger partial charge is 0.378 e. The minimum Gasteiger partial charge on any atom is -0.378 e. The molecule has 1 radical (unpaired) electrons. The van der Waals surface area contributed by atoms with Crippen molar-refractivity contribution in [2.24, 2.45) is 4.99 Å². The van der Waals surface area contributed by atoms with Crippen LogP contribution in [0.2, 0.25) is 0 Å². The minimum absolute atomic E-state index is 0.657. The first-order chi connectivity index (χ1) is 7.36. The summed E-state index contributed by atoms with van der Waals surface area (Å²) in [6.07, 6.45) is 0. The lowest BCUT2D eigenvalue weighted by Gasteiger charge is -2.26. The van der Waals surface area contributed by atoms with E-state index in [9.17, 15) is 0 Å². The van der Waals surface area contributed by atoms with Crippen molar-refractivity contribution in [3.8, 4) is 0 Å². The van der Waals surface area contributed by atoms with E-state index in [4.69, 9.17) is 17.4 Å². The predicted octanol–water partition coefficient (Wildman–Crippen LogP) is 2.20. The maximum Gasteiger partial charge on any atom is 0.196 e. The van der Waals surface area contributed by atoms with Crippen molar-refractivity contribution in [1.29, 1.82) is 0 Å². The molecule has 15 heavy (non-hydrogen) atoms. The van der Waals surface area contributed by atoms with Crippen molar-refractivity contribution in [3.63, 3.8) is 0 Å². The Hall–Kier alpha value is -1.13. The first-order valence-electron chi connectivity index (χ1n) is 5.00. The van der Waals surface area contributed by atoms with Gasteiger partial charge in [-0.1, -0.05) is 18.2 Å². The van der Waals surface area contributed by atoms with E-state index in [1.54, 1.807) is 0 Å². The summed E-state index contributed by atoms with van der Waals surface area (Å²) in [5, 5.41) is 0.657. The second-order valence-electron chi connectivity index (χ2n) is 3.33. The van der Waals surface area contributed by atoms with Crippen molar-refractivity contribution in [2.75, 3.05) is 26.3 Å². The van der Waals surface area contributed by atoms with Crippen LogP contribution in [-0.4, -0.2) is 36.4 Å². The summed E-state index contributed by atoms with van der Waals surface area (Å²) in [5.41, 5.74) is 0.911. The quantitative estimate of drug-likeness (QED) is 0.536. The third-order valence-electron chi connectivity index (χ3n) is 2.26. The number of rotatable bonds is 1. The van der Waals surface area contributed by atoms with Gasteiger partial charge in [0.05, 0.1) is 18.9 Å². The number of hydrogen-bond acceptors (Lipinski definition) is 2. The fourth-order valence-electron chi connectivity index (χ4n) is 1.44. The fraction of sp³-hybridized carbons (Fsp3) is 0.364. The molecule has 0 bridgehead atoms. The highest BCUT2D eigenvalue weighted by Crippen LogP contribution is 2.13. The van der Waals surface area contributed by atoms with Gasteiger partial charge in [-0.05, 0) is 24.8 Å². The molecule has 4 heteroatoms. The van der Waals surface area contributed by atoms with E-state index in [0.29, 0.717) is 5.17 Å². The summed E-state index contributed by atoms with van der Waals surface area (Å²) in [6.45, 7) is 3.17. The molecule has 0 aromatic heterocycles. The van der Waals surface area contributed by atoms with E-state index in [-0.39, 0.29) is 0 Å². The molecule has 0 saturated carbocycles. The molecule has 1 aliphatic heterocycles. The van der Waals surface area contributed by atoms with Crippen LogP contribution in [0.1, 0.15) is 0 Å². The molecular weight excluding hydrogens is 208 g/mol. The van der Waals surface area contributed by atoms with Crippen LogP contribution in [0, 0.1) is 0 Å². The Morgan fingerprint density at radius 3 is 2.53 bits per heavy atom. The van der Waals surface area contributed by atoms with Gasteiger partial charge >= 0.3 is 0 Å². The van der Waals surface area contributed by atoms with Crippen LogP contribution in [0.4, 0.5) is 5.69 Å². The van der Waals surface area contributed by atoms with E-state index in [1.807, 2.05) is 30.3 Å². The van der Waals surface area contributed by atoms with Crippen molar-refractivity contribution < 1.29 is 4.74 Å². The molecule has 1 fully saturated rings. The van der Waals surface area contributed by atoms with Gasteiger partial charge in [0, 0.05) is 13.1 Å². The van der Waals surface area contributed by atoms with Crippen molar-refractivity contribution in [2.45, 2.75) is 0 Å². The smallest absolute Gasteiger partial charge is 0.196 e.